The molecule has 1 aromatic heterocycles. The minimum atomic E-state index is 0.0820. The average molecular weight is 440 g/mol. The zero-order valence-corrected chi connectivity index (χ0v) is 19.0. The third-order valence-corrected chi connectivity index (χ3v) is 6.57. The van der Waals surface area contributed by atoms with Crippen LogP contribution in [0.25, 0.3) is 10.2 Å². The number of nitrogens with zero attached hydrogens (tertiary/aromatic N) is 3. The second kappa shape index (κ2) is 10.2. The van der Waals surface area contributed by atoms with Gasteiger partial charge in [-0.1, -0.05) is 41.2 Å². The smallest absolute Gasteiger partial charge is 0.233 e. The van der Waals surface area contributed by atoms with E-state index in [0.29, 0.717) is 13.0 Å². The topological polar surface area (TPSA) is 54.9 Å². The first-order valence-electron chi connectivity index (χ1n) is 10.7. The van der Waals surface area contributed by atoms with Crippen LogP contribution in [0, 0.1) is 6.92 Å². The van der Waals surface area contributed by atoms with E-state index in [0.717, 1.165) is 71.5 Å². The molecule has 6 nitrogen and oxygen atoms in total. The quantitative estimate of drug-likeness (QED) is 0.533. The van der Waals surface area contributed by atoms with Crippen LogP contribution in [0.1, 0.15) is 17.5 Å². The molecule has 1 aliphatic heterocycles. The van der Waals surface area contributed by atoms with Crippen molar-refractivity contribution in [1.29, 1.82) is 0 Å². The Morgan fingerprint density at radius 3 is 2.84 bits per heavy atom. The Kier molecular flexibility index (Phi) is 7.17. The van der Waals surface area contributed by atoms with E-state index in [1.807, 2.05) is 35.2 Å². The molecule has 1 amide bonds. The summed E-state index contributed by atoms with van der Waals surface area (Å²) in [5.74, 6) is 0.855. The van der Waals surface area contributed by atoms with Gasteiger partial charge in [-0.2, -0.15) is 0 Å². The number of ether oxygens (including phenoxy) is 2. The fourth-order valence-corrected chi connectivity index (χ4v) is 4.82. The van der Waals surface area contributed by atoms with Gasteiger partial charge in [0.05, 0.1) is 37.0 Å². The Morgan fingerprint density at radius 1 is 1.23 bits per heavy atom. The molecule has 3 aromatic rings. The molecule has 0 bridgehead atoms. The van der Waals surface area contributed by atoms with Crippen LogP contribution in [0.4, 0.5) is 5.13 Å². The van der Waals surface area contributed by atoms with Gasteiger partial charge in [0, 0.05) is 32.2 Å². The Bertz CT molecular complexity index is 1030. The summed E-state index contributed by atoms with van der Waals surface area (Å²) in [6.45, 7) is 7.14. The molecular formula is C24H29N3O3S. The van der Waals surface area contributed by atoms with Gasteiger partial charge in [0.15, 0.2) is 5.13 Å². The average Bonchev–Trinajstić information content (AvgIpc) is 3.20. The number of hydrogen-bond acceptors (Lipinski definition) is 6. The summed E-state index contributed by atoms with van der Waals surface area (Å²) in [5.41, 5.74) is 3.06. The summed E-state index contributed by atoms with van der Waals surface area (Å²) in [6, 6.07) is 14.0. The van der Waals surface area contributed by atoms with Crippen molar-refractivity contribution in [1.82, 2.24) is 9.88 Å². The maximum Gasteiger partial charge on any atom is 0.233 e. The van der Waals surface area contributed by atoms with Crippen molar-refractivity contribution in [3.63, 3.8) is 0 Å². The van der Waals surface area contributed by atoms with Crippen LogP contribution in [0.5, 0.6) is 5.75 Å². The van der Waals surface area contributed by atoms with Gasteiger partial charge in [0.25, 0.3) is 0 Å². The minimum absolute atomic E-state index is 0.0820. The van der Waals surface area contributed by atoms with E-state index < -0.39 is 0 Å². The molecule has 2 heterocycles. The summed E-state index contributed by atoms with van der Waals surface area (Å²) >= 11 is 1.56. The lowest BCUT2D eigenvalue weighted by Crippen LogP contribution is -2.39. The molecule has 0 aliphatic carbocycles. The lowest BCUT2D eigenvalue weighted by Gasteiger charge is -2.27. The summed E-state index contributed by atoms with van der Waals surface area (Å²) in [6.07, 6.45) is 1.28. The summed E-state index contributed by atoms with van der Waals surface area (Å²) in [5, 5.41) is 0.753. The second-order valence-corrected chi connectivity index (χ2v) is 8.86. The monoisotopic (exact) mass is 439 g/mol. The largest absolute Gasteiger partial charge is 0.497 e. The summed E-state index contributed by atoms with van der Waals surface area (Å²) in [4.78, 5) is 22.4. The molecule has 1 saturated heterocycles. The van der Waals surface area contributed by atoms with Crippen LogP contribution < -0.4 is 9.64 Å². The van der Waals surface area contributed by atoms with E-state index in [4.69, 9.17) is 14.5 Å². The van der Waals surface area contributed by atoms with Gasteiger partial charge in [-0.3, -0.25) is 14.6 Å². The number of aryl methyl sites for hydroxylation is 1. The number of morpholine rings is 1. The summed E-state index contributed by atoms with van der Waals surface area (Å²) < 4.78 is 11.8. The number of carbonyl (C=O) groups excluding carboxylic acids is 1. The van der Waals surface area contributed by atoms with E-state index in [2.05, 4.69) is 24.0 Å². The number of amides is 1. The maximum absolute atomic E-state index is 13.3. The van der Waals surface area contributed by atoms with Gasteiger partial charge in [0.1, 0.15) is 5.75 Å². The van der Waals surface area contributed by atoms with Crippen LogP contribution in [0.2, 0.25) is 0 Å². The molecule has 0 saturated carbocycles. The van der Waals surface area contributed by atoms with Crippen molar-refractivity contribution in [2.45, 2.75) is 19.8 Å². The van der Waals surface area contributed by atoms with Crippen molar-refractivity contribution in [2.75, 3.05) is 51.4 Å². The van der Waals surface area contributed by atoms with E-state index in [1.165, 1.54) is 0 Å². The number of fused-ring (bicyclic) bond motifs is 1. The fraction of sp³-hybridized carbons (Fsp3) is 0.417. The van der Waals surface area contributed by atoms with E-state index in [-0.39, 0.29) is 5.91 Å². The third kappa shape index (κ3) is 5.61. The van der Waals surface area contributed by atoms with Crippen molar-refractivity contribution in [3.05, 3.63) is 53.6 Å². The highest BCUT2D eigenvalue weighted by atomic mass is 32.1. The Balaban J connectivity index is 1.53. The number of anilines is 1. The molecule has 164 valence electrons. The van der Waals surface area contributed by atoms with Gasteiger partial charge >= 0.3 is 0 Å². The molecule has 0 radical (unpaired) electrons. The number of benzene rings is 2. The van der Waals surface area contributed by atoms with E-state index in [1.54, 1.807) is 18.4 Å². The van der Waals surface area contributed by atoms with Gasteiger partial charge in [-0.15, -0.1) is 0 Å². The first-order valence-corrected chi connectivity index (χ1v) is 11.5. The SMILES string of the molecule is COc1ccc2sc(N(CCCN3CCOCC3)C(=O)Cc3cccc(C)c3)nc2c1. The predicted molar refractivity (Wildman–Crippen MR) is 125 cm³/mol. The highest BCUT2D eigenvalue weighted by Crippen LogP contribution is 2.31. The molecule has 0 unspecified atom stereocenters. The Labute approximate surface area is 187 Å². The standard InChI is InChI=1S/C24H29N3O3S/c1-18-5-3-6-19(15-18)16-23(28)27(10-4-9-26-11-13-30-14-12-26)24-25-21-17-20(29-2)7-8-22(21)31-24/h3,5-8,15,17H,4,9-14,16H2,1-2H3. The van der Waals surface area contributed by atoms with E-state index >= 15 is 0 Å². The number of methoxy groups -OCH3 is 1. The molecule has 31 heavy (non-hydrogen) atoms. The maximum atomic E-state index is 13.3. The lowest BCUT2D eigenvalue weighted by molar-refractivity contribution is -0.118. The Hall–Kier alpha value is -2.48. The van der Waals surface area contributed by atoms with Crippen molar-refractivity contribution in [3.8, 4) is 5.75 Å². The number of aromatic nitrogens is 1. The van der Waals surface area contributed by atoms with Crippen LogP contribution >= 0.6 is 11.3 Å². The normalized spacial score (nSPS) is 14.6. The number of thiazole rings is 1. The van der Waals surface area contributed by atoms with Gasteiger partial charge in [-0.25, -0.2) is 4.98 Å². The first-order chi connectivity index (χ1) is 15.1. The van der Waals surface area contributed by atoms with Gasteiger partial charge in [0.2, 0.25) is 5.91 Å². The van der Waals surface area contributed by atoms with Crippen LogP contribution in [-0.2, 0) is 16.0 Å². The fourth-order valence-electron chi connectivity index (χ4n) is 3.83. The number of hydrogen-bond donors (Lipinski definition) is 0. The Morgan fingerprint density at radius 2 is 2.06 bits per heavy atom. The van der Waals surface area contributed by atoms with Crippen LogP contribution in [0.3, 0.4) is 0 Å². The van der Waals surface area contributed by atoms with Crippen LogP contribution in [-0.4, -0.2) is 62.3 Å². The highest BCUT2D eigenvalue weighted by Gasteiger charge is 2.21. The lowest BCUT2D eigenvalue weighted by atomic mass is 10.1. The predicted octanol–water partition coefficient (Wildman–Crippen LogP) is 3.91. The zero-order valence-electron chi connectivity index (χ0n) is 18.2. The number of carbonyl (C=O) groups is 1. The molecule has 0 atom stereocenters. The first kappa shape index (κ1) is 21.7. The van der Waals surface area contributed by atoms with Crippen molar-refractivity contribution in [2.24, 2.45) is 0 Å². The van der Waals surface area contributed by atoms with Crippen molar-refractivity contribution < 1.29 is 14.3 Å². The van der Waals surface area contributed by atoms with Gasteiger partial charge in [-0.05, 0) is 31.0 Å². The molecule has 0 N–H and O–H groups in total. The summed E-state index contributed by atoms with van der Waals surface area (Å²) in [7, 11) is 1.65. The van der Waals surface area contributed by atoms with Crippen molar-refractivity contribution >= 4 is 32.6 Å². The molecule has 1 aliphatic rings. The molecule has 4 rings (SSSR count). The highest BCUT2D eigenvalue weighted by molar-refractivity contribution is 7.22. The minimum Gasteiger partial charge on any atom is -0.497 e. The molecular weight excluding hydrogens is 410 g/mol. The van der Waals surface area contributed by atoms with Gasteiger partial charge < -0.3 is 9.47 Å². The molecule has 1 fully saturated rings. The second-order valence-electron chi connectivity index (χ2n) is 7.85. The molecule has 7 heteroatoms. The molecule has 0 spiro atoms. The van der Waals surface area contributed by atoms with E-state index in [9.17, 15) is 4.79 Å². The number of rotatable bonds is 8. The zero-order chi connectivity index (χ0) is 21.6. The third-order valence-electron chi connectivity index (χ3n) is 5.51. The molecule has 2 aromatic carbocycles. The van der Waals surface area contributed by atoms with Crippen LogP contribution in [0.15, 0.2) is 42.5 Å².